The molecule has 2 heterocycles. The number of hydrogen-bond donors (Lipinski definition) is 2. The number of aliphatic hydroxyl groups excluding tert-OH is 1. The SMILES string of the molecule is COC(=O)c1sc2cc(NC3=CC(=O)N(CCO)C3=O)ccc2c1Cl. The van der Waals surface area contributed by atoms with Gasteiger partial charge in [-0.15, -0.1) is 11.3 Å². The van der Waals surface area contributed by atoms with Crippen molar-refractivity contribution >= 4 is 56.5 Å². The van der Waals surface area contributed by atoms with Crippen molar-refractivity contribution in [2.24, 2.45) is 0 Å². The molecule has 0 bridgehead atoms. The van der Waals surface area contributed by atoms with Crippen LogP contribution in [0, 0.1) is 0 Å². The molecular weight excluding hydrogens is 368 g/mol. The molecule has 0 atom stereocenters. The Morgan fingerprint density at radius 1 is 1.40 bits per heavy atom. The van der Waals surface area contributed by atoms with Crippen molar-refractivity contribution in [3.05, 3.63) is 39.9 Å². The molecule has 0 saturated heterocycles. The van der Waals surface area contributed by atoms with E-state index in [-0.39, 0.29) is 18.8 Å². The lowest BCUT2D eigenvalue weighted by molar-refractivity contribution is -0.137. The molecule has 0 fully saturated rings. The maximum atomic E-state index is 12.1. The largest absolute Gasteiger partial charge is 0.465 e. The van der Waals surface area contributed by atoms with Gasteiger partial charge in [0.1, 0.15) is 10.6 Å². The van der Waals surface area contributed by atoms with Gasteiger partial charge in [0.25, 0.3) is 11.8 Å². The Morgan fingerprint density at radius 3 is 2.84 bits per heavy atom. The molecule has 25 heavy (non-hydrogen) atoms. The van der Waals surface area contributed by atoms with Crippen LogP contribution in [0.5, 0.6) is 0 Å². The second kappa shape index (κ2) is 6.83. The lowest BCUT2D eigenvalue weighted by atomic mass is 10.2. The number of imide groups is 1. The lowest BCUT2D eigenvalue weighted by Gasteiger charge is -2.13. The molecule has 130 valence electrons. The highest BCUT2D eigenvalue weighted by atomic mass is 35.5. The van der Waals surface area contributed by atoms with Gasteiger partial charge < -0.3 is 15.2 Å². The van der Waals surface area contributed by atoms with E-state index in [4.69, 9.17) is 21.4 Å². The fraction of sp³-hybridized carbons (Fsp3) is 0.188. The number of anilines is 1. The topological polar surface area (TPSA) is 95.9 Å². The Bertz CT molecular complexity index is 921. The monoisotopic (exact) mass is 380 g/mol. The summed E-state index contributed by atoms with van der Waals surface area (Å²) in [5.74, 6) is -1.49. The number of carbonyl (C=O) groups is 3. The number of methoxy groups -OCH3 is 1. The van der Waals surface area contributed by atoms with Crippen LogP contribution in [-0.4, -0.2) is 48.1 Å². The summed E-state index contributed by atoms with van der Waals surface area (Å²) in [6.45, 7) is -0.351. The van der Waals surface area contributed by atoms with Crippen LogP contribution in [0.3, 0.4) is 0 Å². The van der Waals surface area contributed by atoms with Gasteiger partial charge in [-0.25, -0.2) is 4.79 Å². The molecule has 0 aliphatic carbocycles. The summed E-state index contributed by atoms with van der Waals surface area (Å²) < 4.78 is 5.44. The number of nitrogens with one attached hydrogen (secondary N) is 1. The molecular formula is C16H13ClN2O5S. The van der Waals surface area contributed by atoms with E-state index in [1.807, 2.05) is 0 Å². The van der Waals surface area contributed by atoms with Crippen molar-refractivity contribution in [3.63, 3.8) is 0 Å². The zero-order chi connectivity index (χ0) is 18.1. The van der Waals surface area contributed by atoms with Gasteiger partial charge in [0, 0.05) is 21.8 Å². The van der Waals surface area contributed by atoms with Gasteiger partial charge in [-0.2, -0.15) is 0 Å². The summed E-state index contributed by atoms with van der Waals surface area (Å²) in [6.07, 6.45) is 1.18. The standard InChI is InChI=1S/C16H13ClN2O5S/c1-24-16(23)14-13(17)9-3-2-8(6-11(9)25-14)18-10-7-12(21)19(4-5-20)15(10)22/h2-3,6-7,18,20H,4-5H2,1H3. The summed E-state index contributed by atoms with van der Waals surface area (Å²) in [7, 11) is 1.28. The zero-order valence-corrected chi connectivity index (χ0v) is 14.6. The molecule has 2 amide bonds. The molecule has 1 aromatic heterocycles. The van der Waals surface area contributed by atoms with Crippen LogP contribution < -0.4 is 5.32 Å². The van der Waals surface area contributed by atoms with Crippen molar-refractivity contribution in [1.82, 2.24) is 4.90 Å². The molecule has 7 nitrogen and oxygen atoms in total. The number of fused-ring (bicyclic) bond motifs is 1. The molecule has 1 aliphatic rings. The van der Waals surface area contributed by atoms with Crippen LogP contribution in [0.15, 0.2) is 30.0 Å². The average molecular weight is 381 g/mol. The first-order valence-corrected chi connectivity index (χ1v) is 8.41. The number of hydrogen-bond acceptors (Lipinski definition) is 7. The minimum Gasteiger partial charge on any atom is -0.465 e. The van der Waals surface area contributed by atoms with Crippen molar-refractivity contribution in [2.75, 3.05) is 25.6 Å². The van der Waals surface area contributed by atoms with E-state index < -0.39 is 17.8 Å². The maximum Gasteiger partial charge on any atom is 0.349 e. The van der Waals surface area contributed by atoms with Gasteiger partial charge in [-0.05, 0) is 18.2 Å². The minimum atomic E-state index is -0.514. The summed E-state index contributed by atoms with van der Waals surface area (Å²) in [4.78, 5) is 36.9. The predicted octanol–water partition coefficient (Wildman–Crippen LogP) is 2.00. The third-order valence-electron chi connectivity index (χ3n) is 3.61. The number of β-amino-alcohol motifs (C(OH)–C–C–N with tert-alkyl or cyclic N) is 1. The van der Waals surface area contributed by atoms with Crippen molar-refractivity contribution in [3.8, 4) is 0 Å². The smallest absolute Gasteiger partial charge is 0.349 e. The predicted molar refractivity (Wildman–Crippen MR) is 93.7 cm³/mol. The van der Waals surface area contributed by atoms with Gasteiger partial charge in [0.2, 0.25) is 0 Å². The summed E-state index contributed by atoms with van der Waals surface area (Å²) in [5, 5.41) is 12.8. The Labute approximate surface area is 151 Å². The minimum absolute atomic E-state index is 0.0542. The first-order chi connectivity index (χ1) is 12.0. The molecule has 2 aromatic rings. The Morgan fingerprint density at radius 2 is 2.16 bits per heavy atom. The quantitative estimate of drug-likeness (QED) is 0.608. The first-order valence-electron chi connectivity index (χ1n) is 7.22. The molecule has 0 radical (unpaired) electrons. The number of nitrogens with zero attached hydrogens (tertiary/aromatic N) is 1. The second-order valence-electron chi connectivity index (χ2n) is 5.15. The summed E-state index contributed by atoms with van der Waals surface area (Å²) in [5.41, 5.74) is 0.689. The molecule has 1 aliphatic heterocycles. The zero-order valence-electron chi connectivity index (χ0n) is 13.0. The number of ether oxygens (including phenoxy) is 1. The number of amides is 2. The molecule has 2 N–H and O–H groups in total. The number of halogens is 1. The molecule has 1 aromatic carbocycles. The Kier molecular flexibility index (Phi) is 4.76. The lowest BCUT2D eigenvalue weighted by Crippen LogP contribution is -2.34. The van der Waals surface area contributed by atoms with Gasteiger partial charge >= 0.3 is 5.97 Å². The highest BCUT2D eigenvalue weighted by Gasteiger charge is 2.30. The highest BCUT2D eigenvalue weighted by Crippen LogP contribution is 2.37. The number of esters is 1. The normalized spacial score (nSPS) is 14.2. The van der Waals surface area contributed by atoms with Gasteiger partial charge in [0.15, 0.2) is 0 Å². The van der Waals surface area contributed by atoms with Crippen LogP contribution in [-0.2, 0) is 14.3 Å². The van der Waals surface area contributed by atoms with Crippen LogP contribution in [0.25, 0.3) is 10.1 Å². The molecule has 3 rings (SSSR count). The van der Waals surface area contributed by atoms with Crippen molar-refractivity contribution < 1.29 is 24.2 Å². The van der Waals surface area contributed by atoms with Gasteiger partial charge in [0.05, 0.1) is 25.3 Å². The number of benzene rings is 1. The van der Waals surface area contributed by atoms with Crippen LogP contribution >= 0.6 is 22.9 Å². The van der Waals surface area contributed by atoms with Crippen LogP contribution in [0.4, 0.5) is 5.69 Å². The van der Waals surface area contributed by atoms with Crippen LogP contribution in [0.2, 0.25) is 5.02 Å². The van der Waals surface area contributed by atoms with E-state index in [9.17, 15) is 14.4 Å². The third kappa shape index (κ3) is 3.11. The maximum absolute atomic E-state index is 12.1. The van der Waals surface area contributed by atoms with Gasteiger partial charge in [-0.1, -0.05) is 11.6 Å². The van der Waals surface area contributed by atoms with E-state index in [1.54, 1.807) is 18.2 Å². The van der Waals surface area contributed by atoms with Crippen LogP contribution in [0.1, 0.15) is 9.67 Å². The highest BCUT2D eigenvalue weighted by molar-refractivity contribution is 7.21. The van der Waals surface area contributed by atoms with E-state index in [1.165, 1.54) is 24.5 Å². The average Bonchev–Trinajstić information content (AvgIpc) is 3.06. The number of aliphatic hydroxyl groups is 1. The van der Waals surface area contributed by atoms with E-state index in [0.717, 1.165) is 9.60 Å². The number of thiophene rings is 1. The second-order valence-corrected chi connectivity index (χ2v) is 6.58. The fourth-order valence-electron chi connectivity index (χ4n) is 2.43. The molecule has 0 spiro atoms. The molecule has 0 unspecified atom stereocenters. The number of carbonyl (C=O) groups excluding carboxylic acids is 3. The van der Waals surface area contributed by atoms with E-state index in [2.05, 4.69) is 5.32 Å². The molecule has 9 heteroatoms. The molecule has 0 saturated carbocycles. The first kappa shape index (κ1) is 17.4. The van der Waals surface area contributed by atoms with Crippen molar-refractivity contribution in [1.29, 1.82) is 0 Å². The van der Waals surface area contributed by atoms with E-state index in [0.29, 0.717) is 21.0 Å². The summed E-state index contributed by atoms with van der Waals surface area (Å²) >= 11 is 7.38. The fourth-order valence-corrected chi connectivity index (χ4v) is 3.90. The van der Waals surface area contributed by atoms with Gasteiger partial charge in [-0.3, -0.25) is 14.5 Å². The van der Waals surface area contributed by atoms with E-state index >= 15 is 0 Å². The Balaban J connectivity index is 1.88. The van der Waals surface area contributed by atoms with Crippen molar-refractivity contribution in [2.45, 2.75) is 0 Å². The Hall–Kier alpha value is -2.42. The third-order valence-corrected chi connectivity index (χ3v) is 5.25. The summed E-state index contributed by atoms with van der Waals surface area (Å²) in [6, 6.07) is 5.14. The number of rotatable bonds is 5.